The standard InChI is InChI=1S/C15H24N2/c1-11(2)7-16-9-13-4-5-15(13)14-6-12(3)8-17-10-14/h6,8,10-11,13,15-16H,4-5,7,9H2,1-3H3. The maximum absolute atomic E-state index is 4.31. The van der Waals surface area contributed by atoms with Gasteiger partial charge in [-0.1, -0.05) is 19.9 Å². The molecule has 0 aliphatic heterocycles. The molecule has 1 aliphatic carbocycles. The van der Waals surface area contributed by atoms with Gasteiger partial charge >= 0.3 is 0 Å². The summed E-state index contributed by atoms with van der Waals surface area (Å²) < 4.78 is 0. The first-order valence-corrected chi connectivity index (χ1v) is 6.79. The summed E-state index contributed by atoms with van der Waals surface area (Å²) in [4.78, 5) is 4.31. The van der Waals surface area contributed by atoms with Gasteiger partial charge in [-0.15, -0.1) is 0 Å². The van der Waals surface area contributed by atoms with E-state index in [1.807, 2.05) is 12.4 Å². The number of hydrogen-bond donors (Lipinski definition) is 1. The van der Waals surface area contributed by atoms with E-state index < -0.39 is 0 Å². The lowest BCUT2D eigenvalue weighted by atomic mass is 9.70. The molecular formula is C15H24N2. The predicted molar refractivity (Wildman–Crippen MR) is 72.1 cm³/mol. The van der Waals surface area contributed by atoms with Crippen molar-refractivity contribution < 1.29 is 0 Å². The number of nitrogens with zero attached hydrogens (tertiary/aromatic N) is 1. The van der Waals surface area contributed by atoms with Gasteiger partial charge in [-0.3, -0.25) is 4.98 Å². The molecule has 1 aromatic heterocycles. The summed E-state index contributed by atoms with van der Waals surface area (Å²) in [5.74, 6) is 2.30. The van der Waals surface area contributed by atoms with Crippen molar-refractivity contribution in [2.24, 2.45) is 11.8 Å². The van der Waals surface area contributed by atoms with Gasteiger partial charge in [-0.2, -0.15) is 0 Å². The lowest BCUT2D eigenvalue weighted by molar-refractivity contribution is 0.243. The van der Waals surface area contributed by atoms with E-state index in [1.165, 1.54) is 24.0 Å². The molecule has 2 rings (SSSR count). The number of pyridine rings is 1. The van der Waals surface area contributed by atoms with Crippen LogP contribution in [-0.4, -0.2) is 18.1 Å². The molecule has 0 saturated heterocycles. The Bertz CT molecular complexity index is 360. The van der Waals surface area contributed by atoms with Crippen LogP contribution in [0.5, 0.6) is 0 Å². The predicted octanol–water partition coefficient (Wildman–Crippen LogP) is 3.13. The van der Waals surface area contributed by atoms with Crippen LogP contribution in [0.25, 0.3) is 0 Å². The third-order valence-corrected chi connectivity index (χ3v) is 3.70. The molecule has 2 nitrogen and oxygen atoms in total. The Labute approximate surface area is 105 Å². The highest BCUT2D eigenvalue weighted by atomic mass is 14.9. The number of aromatic nitrogens is 1. The summed E-state index contributed by atoms with van der Waals surface area (Å²) in [6, 6.07) is 2.30. The van der Waals surface area contributed by atoms with Gasteiger partial charge in [-0.25, -0.2) is 0 Å². The number of aryl methyl sites for hydroxylation is 1. The number of rotatable bonds is 5. The summed E-state index contributed by atoms with van der Waals surface area (Å²) in [6.45, 7) is 8.94. The molecule has 1 fully saturated rings. The summed E-state index contributed by atoms with van der Waals surface area (Å²) in [5, 5.41) is 3.58. The molecule has 0 amide bonds. The number of hydrogen-bond acceptors (Lipinski definition) is 2. The van der Waals surface area contributed by atoms with Gasteiger partial charge in [0.05, 0.1) is 0 Å². The smallest absolute Gasteiger partial charge is 0.0303 e. The Morgan fingerprint density at radius 1 is 1.35 bits per heavy atom. The molecule has 2 heteroatoms. The molecule has 2 atom stereocenters. The molecule has 0 spiro atoms. The van der Waals surface area contributed by atoms with Crippen LogP contribution in [0.1, 0.15) is 43.7 Å². The molecule has 1 aliphatic rings. The minimum Gasteiger partial charge on any atom is -0.316 e. The van der Waals surface area contributed by atoms with Crippen LogP contribution in [0.4, 0.5) is 0 Å². The fourth-order valence-corrected chi connectivity index (χ4v) is 2.59. The lowest BCUT2D eigenvalue weighted by Gasteiger charge is -2.37. The highest BCUT2D eigenvalue weighted by molar-refractivity contribution is 5.23. The van der Waals surface area contributed by atoms with Crippen molar-refractivity contribution in [2.75, 3.05) is 13.1 Å². The van der Waals surface area contributed by atoms with Crippen LogP contribution in [0, 0.1) is 18.8 Å². The van der Waals surface area contributed by atoms with Crippen molar-refractivity contribution >= 4 is 0 Å². The Morgan fingerprint density at radius 2 is 2.18 bits per heavy atom. The second kappa shape index (κ2) is 5.63. The highest BCUT2D eigenvalue weighted by Gasteiger charge is 2.31. The zero-order valence-electron chi connectivity index (χ0n) is 11.2. The first-order valence-electron chi connectivity index (χ1n) is 6.79. The van der Waals surface area contributed by atoms with Gasteiger partial charge in [-0.05, 0) is 61.7 Å². The maximum atomic E-state index is 4.31. The van der Waals surface area contributed by atoms with Crippen molar-refractivity contribution in [1.82, 2.24) is 10.3 Å². The SMILES string of the molecule is Cc1cncc(C2CCC2CNCC(C)C)c1. The average Bonchev–Trinajstić information content (AvgIpc) is 2.22. The van der Waals surface area contributed by atoms with Crippen LogP contribution in [-0.2, 0) is 0 Å². The molecule has 0 radical (unpaired) electrons. The molecule has 1 saturated carbocycles. The monoisotopic (exact) mass is 232 g/mol. The summed E-state index contributed by atoms with van der Waals surface area (Å²) in [6.07, 6.45) is 6.68. The van der Waals surface area contributed by atoms with E-state index in [2.05, 4.69) is 37.1 Å². The third kappa shape index (κ3) is 3.29. The Kier molecular flexibility index (Phi) is 4.16. The van der Waals surface area contributed by atoms with Crippen molar-refractivity contribution in [3.63, 3.8) is 0 Å². The van der Waals surface area contributed by atoms with Gasteiger partial charge in [0.1, 0.15) is 0 Å². The van der Waals surface area contributed by atoms with E-state index in [0.717, 1.165) is 30.8 Å². The zero-order chi connectivity index (χ0) is 12.3. The second-order valence-electron chi connectivity index (χ2n) is 5.79. The van der Waals surface area contributed by atoms with Crippen molar-refractivity contribution in [2.45, 2.75) is 39.5 Å². The molecule has 0 aromatic carbocycles. The van der Waals surface area contributed by atoms with E-state index in [4.69, 9.17) is 0 Å². The fourth-order valence-electron chi connectivity index (χ4n) is 2.59. The molecule has 1 heterocycles. The van der Waals surface area contributed by atoms with Gasteiger partial charge in [0.15, 0.2) is 0 Å². The Hall–Kier alpha value is -0.890. The lowest BCUT2D eigenvalue weighted by Crippen LogP contribution is -2.35. The minimum atomic E-state index is 0.738. The second-order valence-corrected chi connectivity index (χ2v) is 5.79. The molecule has 94 valence electrons. The van der Waals surface area contributed by atoms with Crippen molar-refractivity contribution in [1.29, 1.82) is 0 Å². The van der Waals surface area contributed by atoms with E-state index in [9.17, 15) is 0 Å². The first-order chi connectivity index (χ1) is 8.16. The summed E-state index contributed by atoms with van der Waals surface area (Å²) in [5.41, 5.74) is 2.72. The minimum absolute atomic E-state index is 0.738. The van der Waals surface area contributed by atoms with Crippen LogP contribution in [0.15, 0.2) is 18.5 Å². The molecule has 1 aromatic rings. The molecule has 1 N–H and O–H groups in total. The summed E-state index contributed by atoms with van der Waals surface area (Å²) in [7, 11) is 0. The Morgan fingerprint density at radius 3 is 2.76 bits per heavy atom. The molecule has 17 heavy (non-hydrogen) atoms. The van der Waals surface area contributed by atoms with Crippen LogP contribution < -0.4 is 5.32 Å². The van der Waals surface area contributed by atoms with E-state index in [-0.39, 0.29) is 0 Å². The first kappa shape index (κ1) is 12.6. The average molecular weight is 232 g/mol. The summed E-state index contributed by atoms with van der Waals surface area (Å²) >= 11 is 0. The Balaban J connectivity index is 1.86. The van der Waals surface area contributed by atoms with Gasteiger partial charge in [0.25, 0.3) is 0 Å². The quantitative estimate of drug-likeness (QED) is 0.843. The van der Waals surface area contributed by atoms with Gasteiger partial charge < -0.3 is 5.32 Å². The third-order valence-electron chi connectivity index (χ3n) is 3.70. The highest BCUT2D eigenvalue weighted by Crippen LogP contribution is 2.41. The van der Waals surface area contributed by atoms with Gasteiger partial charge in [0.2, 0.25) is 0 Å². The molecule has 0 bridgehead atoms. The van der Waals surface area contributed by atoms with Crippen molar-refractivity contribution in [3.8, 4) is 0 Å². The largest absolute Gasteiger partial charge is 0.316 e. The fraction of sp³-hybridized carbons (Fsp3) is 0.667. The maximum Gasteiger partial charge on any atom is 0.0303 e. The molecule has 2 unspecified atom stereocenters. The van der Waals surface area contributed by atoms with Gasteiger partial charge in [0, 0.05) is 12.4 Å². The normalized spacial score (nSPS) is 23.8. The van der Waals surface area contributed by atoms with Crippen molar-refractivity contribution in [3.05, 3.63) is 29.6 Å². The zero-order valence-corrected chi connectivity index (χ0v) is 11.2. The van der Waals surface area contributed by atoms with E-state index >= 15 is 0 Å². The van der Waals surface area contributed by atoms with Crippen LogP contribution >= 0.6 is 0 Å². The van der Waals surface area contributed by atoms with E-state index in [0.29, 0.717) is 0 Å². The van der Waals surface area contributed by atoms with Crippen LogP contribution in [0.2, 0.25) is 0 Å². The number of nitrogens with one attached hydrogen (secondary N) is 1. The van der Waals surface area contributed by atoms with E-state index in [1.54, 1.807) is 0 Å². The van der Waals surface area contributed by atoms with Crippen LogP contribution in [0.3, 0.4) is 0 Å². The molecular weight excluding hydrogens is 208 g/mol. The topological polar surface area (TPSA) is 24.9 Å².